The van der Waals surface area contributed by atoms with Crippen LogP contribution in [0.4, 0.5) is 4.39 Å². The van der Waals surface area contributed by atoms with Gasteiger partial charge in [0.15, 0.2) is 22.3 Å². The molecule has 1 heterocycles. The molecule has 0 spiro atoms. The molecule has 0 amide bonds. The van der Waals surface area contributed by atoms with E-state index in [0.717, 1.165) is 18.2 Å². The Morgan fingerprint density at radius 1 is 1.35 bits per heavy atom. The standard InChI is InChI=1S/C15H14ClFN2O4/c1-15(2,3)19-13(20)12(16)11(7-18-19)23-10-6-8(14(21)22)4-5-9(10)17/h4-7H,1-3H3,(H,21,22). The quantitative estimate of drug-likeness (QED) is 0.927. The third-order valence-corrected chi connectivity index (χ3v) is 3.27. The van der Waals surface area contributed by atoms with Gasteiger partial charge in [-0.2, -0.15) is 5.10 Å². The number of hydrogen-bond donors (Lipinski definition) is 1. The molecule has 0 atom stereocenters. The van der Waals surface area contributed by atoms with Crippen LogP contribution in [0, 0.1) is 5.82 Å². The predicted octanol–water partition coefficient (Wildman–Crippen LogP) is 3.28. The van der Waals surface area contributed by atoms with E-state index in [2.05, 4.69) is 5.10 Å². The van der Waals surface area contributed by atoms with Crippen LogP contribution in [-0.4, -0.2) is 20.9 Å². The Kier molecular flexibility index (Phi) is 4.42. The second kappa shape index (κ2) is 6.00. The third-order valence-electron chi connectivity index (χ3n) is 2.92. The number of aromatic nitrogens is 2. The van der Waals surface area contributed by atoms with Gasteiger partial charge in [0.1, 0.15) is 0 Å². The molecule has 8 heteroatoms. The molecule has 1 N–H and O–H groups in total. The van der Waals surface area contributed by atoms with Crippen molar-refractivity contribution in [2.45, 2.75) is 26.3 Å². The maximum Gasteiger partial charge on any atom is 0.335 e. The zero-order chi connectivity index (χ0) is 17.4. The largest absolute Gasteiger partial charge is 0.478 e. The highest BCUT2D eigenvalue weighted by atomic mass is 35.5. The van der Waals surface area contributed by atoms with Crippen LogP contribution in [0.15, 0.2) is 29.2 Å². The summed E-state index contributed by atoms with van der Waals surface area (Å²) in [4.78, 5) is 23.1. The molecule has 0 bridgehead atoms. The number of aromatic carboxylic acids is 1. The van der Waals surface area contributed by atoms with Crippen molar-refractivity contribution in [3.63, 3.8) is 0 Å². The monoisotopic (exact) mass is 340 g/mol. The van der Waals surface area contributed by atoms with Crippen molar-refractivity contribution < 1.29 is 19.0 Å². The second-order valence-electron chi connectivity index (χ2n) is 5.76. The number of ether oxygens (including phenoxy) is 1. The number of carboxylic acid groups (broad SMARTS) is 1. The van der Waals surface area contributed by atoms with E-state index in [-0.39, 0.29) is 22.1 Å². The maximum atomic E-state index is 13.8. The molecule has 2 rings (SSSR count). The van der Waals surface area contributed by atoms with Crippen molar-refractivity contribution in [2.75, 3.05) is 0 Å². The van der Waals surface area contributed by atoms with Gasteiger partial charge in [-0.25, -0.2) is 13.9 Å². The van der Waals surface area contributed by atoms with Gasteiger partial charge in [0.05, 0.1) is 17.3 Å². The average molecular weight is 341 g/mol. The number of hydrogen-bond acceptors (Lipinski definition) is 4. The molecule has 0 saturated carbocycles. The molecule has 0 aliphatic heterocycles. The minimum atomic E-state index is -1.23. The van der Waals surface area contributed by atoms with Gasteiger partial charge >= 0.3 is 5.97 Å². The Hall–Kier alpha value is -2.41. The van der Waals surface area contributed by atoms with Crippen LogP contribution in [-0.2, 0) is 5.54 Å². The van der Waals surface area contributed by atoms with E-state index in [1.54, 1.807) is 20.8 Å². The van der Waals surface area contributed by atoms with Crippen LogP contribution in [0.3, 0.4) is 0 Å². The van der Waals surface area contributed by atoms with Crippen molar-refractivity contribution in [2.24, 2.45) is 0 Å². The van der Waals surface area contributed by atoms with Crippen LogP contribution in [0.5, 0.6) is 11.5 Å². The lowest BCUT2D eigenvalue weighted by atomic mass is 10.1. The molecule has 0 fully saturated rings. The minimum absolute atomic E-state index is 0.154. The molecular formula is C15H14ClFN2O4. The predicted molar refractivity (Wildman–Crippen MR) is 81.9 cm³/mol. The lowest BCUT2D eigenvalue weighted by Crippen LogP contribution is -2.36. The van der Waals surface area contributed by atoms with Crippen LogP contribution >= 0.6 is 11.6 Å². The molecule has 1 aromatic carbocycles. The zero-order valence-corrected chi connectivity index (χ0v) is 13.4. The van der Waals surface area contributed by atoms with E-state index in [0.29, 0.717) is 0 Å². The first-order chi connectivity index (χ1) is 10.6. The van der Waals surface area contributed by atoms with Crippen molar-refractivity contribution in [1.82, 2.24) is 9.78 Å². The zero-order valence-electron chi connectivity index (χ0n) is 12.6. The summed E-state index contributed by atoms with van der Waals surface area (Å²) < 4.78 is 20.2. The van der Waals surface area contributed by atoms with E-state index in [1.165, 1.54) is 10.9 Å². The average Bonchev–Trinajstić information content (AvgIpc) is 2.44. The summed E-state index contributed by atoms with van der Waals surface area (Å²) in [5, 5.41) is 12.6. The number of nitrogens with zero attached hydrogens (tertiary/aromatic N) is 2. The van der Waals surface area contributed by atoms with E-state index in [4.69, 9.17) is 21.4 Å². The lowest BCUT2D eigenvalue weighted by Gasteiger charge is -2.21. The number of carboxylic acids is 1. The van der Waals surface area contributed by atoms with E-state index in [9.17, 15) is 14.0 Å². The van der Waals surface area contributed by atoms with Crippen molar-refractivity contribution in [1.29, 1.82) is 0 Å². The summed E-state index contributed by atoms with van der Waals surface area (Å²) in [5.41, 5.74) is -1.34. The second-order valence-corrected chi connectivity index (χ2v) is 6.14. The lowest BCUT2D eigenvalue weighted by molar-refractivity contribution is 0.0696. The Morgan fingerprint density at radius 2 is 2.00 bits per heavy atom. The highest BCUT2D eigenvalue weighted by molar-refractivity contribution is 6.31. The smallest absolute Gasteiger partial charge is 0.335 e. The molecule has 0 unspecified atom stereocenters. The summed E-state index contributed by atoms with van der Waals surface area (Å²) >= 11 is 5.97. The van der Waals surface area contributed by atoms with Gasteiger partial charge in [-0.3, -0.25) is 4.79 Å². The van der Waals surface area contributed by atoms with Gasteiger partial charge in [-0.15, -0.1) is 0 Å². The fourth-order valence-electron chi connectivity index (χ4n) is 1.80. The number of benzene rings is 1. The fourth-order valence-corrected chi connectivity index (χ4v) is 1.97. The van der Waals surface area contributed by atoms with Crippen molar-refractivity contribution in [3.8, 4) is 11.5 Å². The van der Waals surface area contributed by atoms with Crippen LogP contribution in [0.25, 0.3) is 0 Å². The minimum Gasteiger partial charge on any atom is -0.478 e. The molecule has 0 aliphatic carbocycles. The summed E-state index contributed by atoms with van der Waals surface area (Å²) in [7, 11) is 0. The SMILES string of the molecule is CC(C)(C)n1ncc(Oc2cc(C(=O)O)ccc2F)c(Cl)c1=O. The van der Waals surface area contributed by atoms with Gasteiger partial charge in [0.2, 0.25) is 0 Å². The van der Waals surface area contributed by atoms with Crippen LogP contribution < -0.4 is 10.3 Å². The molecule has 0 radical (unpaired) electrons. The Labute approximate surface area is 136 Å². The summed E-state index contributed by atoms with van der Waals surface area (Å²) in [6.07, 6.45) is 1.18. The van der Waals surface area contributed by atoms with Crippen molar-refractivity contribution in [3.05, 3.63) is 51.2 Å². The topological polar surface area (TPSA) is 81.4 Å². The molecular weight excluding hydrogens is 327 g/mol. The molecule has 122 valence electrons. The van der Waals surface area contributed by atoms with Gasteiger partial charge < -0.3 is 9.84 Å². The van der Waals surface area contributed by atoms with Gasteiger partial charge in [0, 0.05) is 0 Å². The molecule has 23 heavy (non-hydrogen) atoms. The van der Waals surface area contributed by atoms with E-state index < -0.39 is 22.9 Å². The highest BCUT2D eigenvalue weighted by Gasteiger charge is 2.21. The Balaban J connectivity index is 2.46. The molecule has 1 aromatic heterocycles. The third kappa shape index (κ3) is 3.50. The Bertz CT molecular complexity index is 827. The molecule has 6 nitrogen and oxygen atoms in total. The number of carbonyl (C=O) groups is 1. The molecule has 0 aliphatic rings. The van der Waals surface area contributed by atoms with Crippen molar-refractivity contribution >= 4 is 17.6 Å². The van der Waals surface area contributed by atoms with E-state index in [1.807, 2.05) is 0 Å². The van der Waals surface area contributed by atoms with Gasteiger partial charge in [0.25, 0.3) is 5.56 Å². The summed E-state index contributed by atoms with van der Waals surface area (Å²) in [5.74, 6) is -2.53. The Morgan fingerprint density at radius 3 is 2.57 bits per heavy atom. The normalized spacial score (nSPS) is 11.3. The first kappa shape index (κ1) is 17.0. The van der Waals surface area contributed by atoms with E-state index >= 15 is 0 Å². The van der Waals surface area contributed by atoms with Crippen LogP contribution in [0.2, 0.25) is 5.02 Å². The number of rotatable bonds is 3. The highest BCUT2D eigenvalue weighted by Crippen LogP contribution is 2.29. The molecule has 2 aromatic rings. The van der Waals surface area contributed by atoms with Gasteiger partial charge in [-0.1, -0.05) is 11.6 Å². The summed E-state index contributed by atoms with van der Waals surface area (Å²) in [6, 6.07) is 3.06. The fraction of sp³-hybridized carbons (Fsp3) is 0.267. The number of halogens is 2. The maximum absolute atomic E-state index is 13.8. The van der Waals surface area contributed by atoms with Gasteiger partial charge in [-0.05, 0) is 39.0 Å². The first-order valence-electron chi connectivity index (χ1n) is 6.60. The molecule has 0 saturated heterocycles. The van der Waals surface area contributed by atoms with Crippen LogP contribution in [0.1, 0.15) is 31.1 Å². The first-order valence-corrected chi connectivity index (χ1v) is 6.98. The summed E-state index contributed by atoms with van der Waals surface area (Å²) in [6.45, 7) is 5.32.